The summed E-state index contributed by atoms with van der Waals surface area (Å²) < 4.78 is 13.0. The Bertz CT molecular complexity index is 1500. The first kappa shape index (κ1) is 25.1. The second kappa shape index (κ2) is 10.1. The van der Waals surface area contributed by atoms with E-state index in [1.807, 2.05) is 24.3 Å². The van der Waals surface area contributed by atoms with E-state index in [9.17, 15) is 4.79 Å². The molecule has 4 aromatic rings. The minimum absolute atomic E-state index is 0.0711. The van der Waals surface area contributed by atoms with Crippen LogP contribution in [0.15, 0.2) is 33.6 Å². The summed E-state index contributed by atoms with van der Waals surface area (Å²) in [6.07, 6.45) is 4.90. The van der Waals surface area contributed by atoms with Gasteiger partial charge in [-0.3, -0.25) is 9.51 Å². The number of rotatable bonds is 5. The molecule has 0 unspecified atom stereocenters. The van der Waals surface area contributed by atoms with E-state index in [1.54, 1.807) is 0 Å². The fourth-order valence-electron chi connectivity index (χ4n) is 5.67. The van der Waals surface area contributed by atoms with E-state index in [-0.39, 0.29) is 23.8 Å². The van der Waals surface area contributed by atoms with Gasteiger partial charge in [0.15, 0.2) is 5.65 Å². The van der Waals surface area contributed by atoms with Crippen molar-refractivity contribution in [3.63, 3.8) is 0 Å². The van der Waals surface area contributed by atoms with Crippen LogP contribution in [0.1, 0.15) is 46.5 Å². The molecule has 0 radical (unpaired) electrons. The number of fused-ring (bicyclic) bond motifs is 1. The van der Waals surface area contributed by atoms with Crippen LogP contribution in [-0.2, 0) is 11.3 Å². The molecule has 3 aromatic heterocycles. The molecule has 2 aliphatic rings. The van der Waals surface area contributed by atoms with Crippen molar-refractivity contribution in [3.8, 4) is 22.9 Å². The van der Waals surface area contributed by atoms with Crippen LogP contribution in [0.2, 0.25) is 5.02 Å². The third-order valence-corrected chi connectivity index (χ3v) is 8.29. The van der Waals surface area contributed by atoms with E-state index in [4.69, 9.17) is 35.8 Å². The molecule has 0 bridgehead atoms. The number of imidazole rings is 1. The number of hydrogen-bond donors (Lipinski definition) is 1. The highest BCUT2D eigenvalue weighted by molar-refractivity contribution is 6.30. The number of halogens is 1. The van der Waals surface area contributed by atoms with Crippen LogP contribution in [0, 0.1) is 11.8 Å². The van der Waals surface area contributed by atoms with Gasteiger partial charge in [0.05, 0.1) is 18.8 Å². The summed E-state index contributed by atoms with van der Waals surface area (Å²) in [7, 11) is 0. The molecule has 1 saturated carbocycles. The number of hydrogen-bond acceptors (Lipinski definition) is 8. The highest BCUT2D eigenvalue weighted by Crippen LogP contribution is 2.37. The largest absolute Gasteiger partial charge is 0.439 e. The molecule has 10 nitrogen and oxygen atoms in total. The van der Waals surface area contributed by atoms with Crippen LogP contribution in [0.25, 0.3) is 34.1 Å². The van der Waals surface area contributed by atoms with E-state index >= 15 is 0 Å². The maximum atomic E-state index is 11.7. The minimum atomic E-state index is -0.665. The van der Waals surface area contributed by atoms with Crippen LogP contribution in [0.4, 0.5) is 5.95 Å². The van der Waals surface area contributed by atoms with Gasteiger partial charge in [0.2, 0.25) is 17.6 Å². The van der Waals surface area contributed by atoms with Gasteiger partial charge in [0.25, 0.3) is 0 Å². The lowest BCUT2D eigenvalue weighted by Crippen LogP contribution is -2.49. The van der Waals surface area contributed by atoms with Crippen molar-refractivity contribution in [1.29, 1.82) is 0 Å². The van der Waals surface area contributed by atoms with Crippen molar-refractivity contribution in [2.24, 2.45) is 11.8 Å². The van der Waals surface area contributed by atoms with Gasteiger partial charge in [0, 0.05) is 23.7 Å². The zero-order valence-corrected chi connectivity index (χ0v) is 22.6. The van der Waals surface area contributed by atoms with Gasteiger partial charge in [-0.1, -0.05) is 48.7 Å². The van der Waals surface area contributed by atoms with Crippen LogP contribution in [0.5, 0.6) is 0 Å². The van der Waals surface area contributed by atoms with E-state index in [0.29, 0.717) is 28.9 Å². The first-order valence-electron chi connectivity index (χ1n) is 13.4. The number of nitrogens with one attached hydrogen (secondary N) is 1. The van der Waals surface area contributed by atoms with Crippen molar-refractivity contribution >= 4 is 28.7 Å². The summed E-state index contributed by atoms with van der Waals surface area (Å²) in [6, 6.07) is 7.74. The smallest absolute Gasteiger partial charge is 0.375 e. The van der Waals surface area contributed by atoms with E-state index in [1.165, 1.54) is 25.7 Å². The maximum Gasteiger partial charge on any atom is 0.439 e. The fourth-order valence-corrected chi connectivity index (χ4v) is 5.86. The van der Waals surface area contributed by atoms with Gasteiger partial charge in [-0.25, -0.2) is 14.8 Å². The molecule has 0 amide bonds. The average molecular weight is 538 g/mol. The molecule has 2 fully saturated rings. The Morgan fingerprint density at radius 2 is 1.92 bits per heavy atom. The predicted octanol–water partition coefficient (Wildman–Crippen LogP) is 4.93. The highest BCUT2D eigenvalue weighted by Gasteiger charge is 2.32. The number of morpholine rings is 1. The van der Waals surface area contributed by atoms with Crippen LogP contribution in [-0.4, -0.2) is 55.0 Å². The number of nitrogens with zero attached hydrogens (tertiary/aromatic N) is 6. The molecule has 1 N–H and O–H groups in total. The summed E-state index contributed by atoms with van der Waals surface area (Å²) in [4.78, 5) is 31.4. The summed E-state index contributed by atoms with van der Waals surface area (Å²) in [5, 5.41) is 4.44. The van der Waals surface area contributed by atoms with Gasteiger partial charge in [-0.15, -0.1) is 0 Å². The van der Waals surface area contributed by atoms with Gasteiger partial charge in [-0.2, -0.15) is 4.98 Å². The topological polar surface area (TPSA) is 115 Å². The first-order chi connectivity index (χ1) is 18.4. The Morgan fingerprint density at radius 3 is 2.66 bits per heavy atom. The lowest BCUT2D eigenvalue weighted by Gasteiger charge is -2.39. The number of benzene rings is 1. The zero-order valence-electron chi connectivity index (χ0n) is 21.9. The zero-order chi connectivity index (χ0) is 26.4. The van der Waals surface area contributed by atoms with Crippen molar-refractivity contribution in [2.45, 2.75) is 65.1 Å². The Labute approximate surface area is 225 Å². The standard InChI is InChI=1S/C27H32ClN7O3/c1-15-7-9-18(10-8-15)14-35-22-21(19-5-4-6-20(28)13-19)29-24(25-32-27(36)38-33-25)30-23(22)31-26(35)34-11-12-37-17(3)16(34)2/h4-6,13,15-18H,7-12,14H2,1-3H3,(H,32,33,36)/t15-,16-,17-,18-/m0/s1. The Hall–Kier alpha value is -3.24. The molecular formula is C27H32ClN7O3. The molecule has 1 aliphatic heterocycles. The molecule has 6 rings (SSSR count). The Balaban J connectivity index is 1.58. The van der Waals surface area contributed by atoms with Gasteiger partial charge in [0.1, 0.15) is 11.2 Å². The van der Waals surface area contributed by atoms with Crippen molar-refractivity contribution in [2.75, 3.05) is 18.1 Å². The number of H-pyrrole nitrogens is 1. The van der Waals surface area contributed by atoms with Gasteiger partial charge < -0.3 is 14.2 Å². The molecular weight excluding hydrogens is 506 g/mol. The first-order valence-corrected chi connectivity index (χ1v) is 13.7. The molecule has 4 heterocycles. The molecule has 2 atom stereocenters. The SMILES string of the molecule is C[C@@H]1OCCN(c2nc3nc(-c4noc(=O)[nH]4)nc(-c4cccc(Cl)c4)c3n2C[C@H]2CC[C@H](C)CC2)[C@H]1C. The lowest BCUT2D eigenvalue weighted by atomic mass is 9.83. The quantitative estimate of drug-likeness (QED) is 0.381. The normalized spacial score (nSPS) is 24.3. The average Bonchev–Trinajstić information content (AvgIpc) is 3.50. The van der Waals surface area contributed by atoms with Gasteiger partial charge >= 0.3 is 5.76 Å². The molecule has 0 spiro atoms. The third kappa shape index (κ3) is 4.71. The monoisotopic (exact) mass is 537 g/mol. The number of anilines is 1. The molecule has 200 valence electrons. The van der Waals surface area contributed by atoms with Crippen molar-refractivity contribution < 1.29 is 9.26 Å². The molecule has 38 heavy (non-hydrogen) atoms. The number of aromatic nitrogens is 6. The molecule has 1 aliphatic carbocycles. The summed E-state index contributed by atoms with van der Waals surface area (Å²) in [5.41, 5.74) is 2.92. The Kier molecular flexibility index (Phi) is 6.69. The number of ether oxygens (including phenoxy) is 1. The third-order valence-electron chi connectivity index (χ3n) is 8.05. The lowest BCUT2D eigenvalue weighted by molar-refractivity contribution is 0.0274. The molecule has 1 saturated heterocycles. The second-order valence-electron chi connectivity index (χ2n) is 10.7. The van der Waals surface area contributed by atoms with E-state index in [2.05, 4.69) is 40.4 Å². The summed E-state index contributed by atoms with van der Waals surface area (Å²) in [6.45, 7) is 8.81. The van der Waals surface area contributed by atoms with Crippen molar-refractivity contribution in [1.82, 2.24) is 29.7 Å². The summed E-state index contributed by atoms with van der Waals surface area (Å²) in [5.74, 6) is 1.90. The molecule has 11 heteroatoms. The summed E-state index contributed by atoms with van der Waals surface area (Å²) >= 11 is 6.41. The minimum Gasteiger partial charge on any atom is -0.375 e. The number of aromatic amines is 1. The van der Waals surface area contributed by atoms with E-state index < -0.39 is 5.76 Å². The van der Waals surface area contributed by atoms with Crippen molar-refractivity contribution in [3.05, 3.63) is 39.8 Å². The second-order valence-corrected chi connectivity index (χ2v) is 11.1. The van der Waals surface area contributed by atoms with Crippen LogP contribution >= 0.6 is 11.6 Å². The van der Waals surface area contributed by atoms with Gasteiger partial charge in [-0.05, 0) is 50.7 Å². The molecule has 1 aromatic carbocycles. The highest BCUT2D eigenvalue weighted by atomic mass is 35.5. The Morgan fingerprint density at radius 1 is 1.11 bits per heavy atom. The maximum absolute atomic E-state index is 11.7. The van der Waals surface area contributed by atoms with Crippen LogP contribution < -0.4 is 10.7 Å². The fraction of sp³-hybridized carbons (Fsp3) is 0.519. The van der Waals surface area contributed by atoms with Crippen LogP contribution in [0.3, 0.4) is 0 Å². The predicted molar refractivity (Wildman–Crippen MR) is 145 cm³/mol. The van der Waals surface area contributed by atoms with E-state index in [0.717, 1.165) is 36.0 Å².